The first-order chi connectivity index (χ1) is 12.5. The SMILES string of the molecule is Cc1ccc(Nc2ncc(C(=O)NCc3ccc(Cl)cc3)cn2)cc1C. The molecule has 6 heteroatoms. The summed E-state index contributed by atoms with van der Waals surface area (Å²) in [4.78, 5) is 20.6. The number of nitrogens with one attached hydrogen (secondary N) is 2. The first-order valence-electron chi connectivity index (χ1n) is 8.20. The Bertz CT molecular complexity index is 908. The lowest BCUT2D eigenvalue weighted by molar-refractivity contribution is 0.0950. The zero-order chi connectivity index (χ0) is 18.5. The summed E-state index contributed by atoms with van der Waals surface area (Å²) in [7, 11) is 0. The highest BCUT2D eigenvalue weighted by molar-refractivity contribution is 6.30. The Labute approximate surface area is 157 Å². The average molecular weight is 367 g/mol. The predicted octanol–water partition coefficient (Wildman–Crippen LogP) is 4.42. The zero-order valence-electron chi connectivity index (χ0n) is 14.6. The van der Waals surface area contributed by atoms with Crippen LogP contribution in [0.4, 0.5) is 11.6 Å². The Morgan fingerprint density at radius 3 is 2.35 bits per heavy atom. The van der Waals surface area contributed by atoms with Crippen molar-refractivity contribution in [1.82, 2.24) is 15.3 Å². The van der Waals surface area contributed by atoms with Crippen LogP contribution in [0.2, 0.25) is 5.02 Å². The Morgan fingerprint density at radius 2 is 1.69 bits per heavy atom. The Kier molecular flexibility index (Phi) is 5.49. The third-order valence-electron chi connectivity index (χ3n) is 4.04. The Balaban J connectivity index is 1.60. The van der Waals surface area contributed by atoms with E-state index in [-0.39, 0.29) is 5.91 Å². The summed E-state index contributed by atoms with van der Waals surface area (Å²) in [5, 5.41) is 6.64. The van der Waals surface area contributed by atoms with Gasteiger partial charge in [-0.05, 0) is 54.8 Å². The largest absolute Gasteiger partial charge is 0.348 e. The van der Waals surface area contributed by atoms with Crippen LogP contribution in [0.1, 0.15) is 27.0 Å². The Morgan fingerprint density at radius 1 is 1.00 bits per heavy atom. The number of carbonyl (C=O) groups is 1. The molecule has 3 aromatic rings. The van der Waals surface area contributed by atoms with Gasteiger partial charge in [0.05, 0.1) is 5.56 Å². The highest BCUT2D eigenvalue weighted by atomic mass is 35.5. The monoisotopic (exact) mass is 366 g/mol. The van der Waals surface area contributed by atoms with Crippen molar-refractivity contribution in [3.05, 3.63) is 82.1 Å². The number of hydrogen-bond acceptors (Lipinski definition) is 4. The molecule has 26 heavy (non-hydrogen) atoms. The summed E-state index contributed by atoms with van der Waals surface area (Å²) < 4.78 is 0. The third kappa shape index (κ3) is 4.58. The summed E-state index contributed by atoms with van der Waals surface area (Å²) in [5.74, 6) is 0.222. The first kappa shape index (κ1) is 17.9. The molecule has 0 aliphatic carbocycles. The molecule has 1 heterocycles. The van der Waals surface area contributed by atoms with E-state index < -0.39 is 0 Å². The van der Waals surface area contributed by atoms with Gasteiger partial charge in [0.25, 0.3) is 5.91 Å². The van der Waals surface area contributed by atoms with Gasteiger partial charge < -0.3 is 10.6 Å². The molecule has 0 aliphatic heterocycles. The fourth-order valence-electron chi connectivity index (χ4n) is 2.34. The molecule has 1 amide bonds. The number of amides is 1. The minimum Gasteiger partial charge on any atom is -0.348 e. The number of benzene rings is 2. The average Bonchev–Trinajstić information content (AvgIpc) is 2.65. The summed E-state index contributed by atoms with van der Waals surface area (Å²) in [6.07, 6.45) is 3.02. The van der Waals surface area contributed by atoms with Gasteiger partial charge in [0.15, 0.2) is 0 Å². The molecule has 2 N–H and O–H groups in total. The van der Waals surface area contributed by atoms with Crippen LogP contribution in [0.25, 0.3) is 0 Å². The van der Waals surface area contributed by atoms with Gasteiger partial charge in [-0.15, -0.1) is 0 Å². The molecular formula is C20H19ClN4O. The van der Waals surface area contributed by atoms with Gasteiger partial charge in [-0.2, -0.15) is 0 Å². The molecule has 3 rings (SSSR count). The summed E-state index contributed by atoms with van der Waals surface area (Å²) in [5.41, 5.74) is 4.70. The van der Waals surface area contributed by atoms with Gasteiger partial charge in [-0.1, -0.05) is 29.8 Å². The van der Waals surface area contributed by atoms with E-state index in [1.54, 1.807) is 12.1 Å². The maximum atomic E-state index is 12.2. The van der Waals surface area contributed by atoms with Crippen LogP contribution in [-0.4, -0.2) is 15.9 Å². The van der Waals surface area contributed by atoms with E-state index in [9.17, 15) is 4.79 Å². The van der Waals surface area contributed by atoms with Crippen molar-refractivity contribution in [1.29, 1.82) is 0 Å². The van der Waals surface area contributed by atoms with Crippen LogP contribution in [-0.2, 0) is 6.54 Å². The van der Waals surface area contributed by atoms with E-state index >= 15 is 0 Å². The minimum absolute atomic E-state index is 0.224. The normalized spacial score (nSPS) is 10.4. The molecule has 0 atom stereocenters. The number of aryl methyl sites for hydroxylation is 2. The van der Waals surface area contributed by atoms with E-state index in [4.69, 9.17) is 11.6 Å². The molecule has 0 radical (unpaired) electrons. The first-order valence-corrected chi connectivity index (χ1v) is 8.58. The van der Waals surface area contributed by atoms with Crippen molar-refractivity contribution in [3.63, 3.8) is 0 Å². The molecule has 5 nitrogen and oxygen atoms in total. The van der Waals surface area contributed by atoms with Crippen LogP contribution in [0.3, 0.4) is 0 Å². The van der Waals surface area contributed by atoms with E-state index in [1.807, 2.05) is 30.3 Å². The number of rotatable bonds is 5. The highest BCUT2D eigenvalue weighted by Crippen LogP contribution is 2.17. The topological polar surface area (TPSA) is 66.9 Å². The molecule has 132 valence electrons. The van der Waals surface area contributed by atoms with Gasteiger partial charge in [0, 0.05) is 29.6 Å². The van der Waals surface area contributed by atoms with E-state index in [0.717, 1.165) is 11.3 Å². The second kappa shape index (κ2) is 7.97. The summed E-state index contributed by atoms with van der Waals surface area (Å²) in [6, 6.07) is 13.4. The van der Waals surface area contributed by atoms with Gasteiger partial charge in [-0.25, -0.2) is 9.97 Å². The fraction of sp³-hybridized carbons (Fsp3) is 0.150. The lowest BCUT2D eigenvalue weighted by atomic mass is 10.1. The maximum Gasteiger partial charge on any atom is 0.254 e. The fourth-order valence-corrected chi connectivity index (χ4v) is 2.47. The van der Waals surface area contributed by atoms with E-state index in [0.29, 0.717) is 23.1 Å². The molecule has 0 unspecified atom stereocenters. The number of aromatic nitrogens is 2. The number of hydrogen-bond donors (Lipinski definition) is 2. The third-order valence-corrected chi connectivity index (χ3v) is 4.30. The predicted molar refractivity (Wildman–Crippen MR) is 104 cm³/mol. The van der Waals surface area contributed by atoms with Crippen molar-refractivity contribution >= 4 is 29.1 Å². The summed E-state index contributed by atoms with van der Waals surface area (Å²) >= 11 is 5.85. The molecule has 0 fully saturated rings. The molecule has 0 aliphatic rings. The molecule has 0 spiro atoms. The van der Waals surface area contributed by atoms with Crippen LogP contribution in [0.5, 0.6) is 0 Å². The number of anilines is 2. The summed E-state index contributed by atoms with van der Waals surface area (Å²) in [6.45, 7) is 4.53. The standard InChI is InChI=1S/C20H19ClN4O/c1-13-3-8-18(9-14(13)2)25-20-23-11-16(12-24-20)19(26)22-10-15-4-6-17(21)7-5-15/h3-9,11-12H,10H2,1-2H3,(H,22,26)(H,23,24,25). The number of carbonyl (C=O) groups excluding carboxylic acids is 1. The molecule has 0 saturated carbocycles. The van der Waals surface area contributed by atoms with Crippen molar-refractivity contribution in [2.75, 3.05) is 5.32 Å². The molecular weight excluding hydrogens is 348 g/mol. The second-order valence-corrected chi connectivity index (χ2v) is 6.46. The van der Waals surface area contributed by atoms with Gasteiger partial charge in [-0.3, -0.25) is 4.79 Å². The van der Waals surface area contributed by atoms with E-state index in [1.165, 1.54) is 23.5 Å². The minimum atomic E-state index is -0.224. The second-order valence-electron chi connectivity index (χ2n) is 6.03. The number of halogens is 1. The van der Waals surface area contributed by atoms with Crippen LogP contribution < -0.4 is 10.6 Å². The van der Waals surface area contributed by atoms with E-state index in [2.05, 4.69) is 34.4 Å². The van der Waals surface area contributed by atoms with Crippen molar-refractivity contribution < 1.29 is 4.79 Å². The van der Waals surface area contributed by atoms with Crippen LogP contribution >= 0.6 is 11.6 Å². The lowest BCUT2D eigenvalue weighted by Gasteiger charge is -2.08. The smallest absolute Gasteiger partial charge is 0.254 e. The van der Waals surface area contributed by atoms with Crippen molar-refractivity contribution in [2.45, 2.75) is 20.4 Å². The lowest BCUT2D eigenvalue weighted by Crippen LogP contribution is -2.23. The number of nitrogens with zero attached hydrogens (tertiary/aromatic N) is 2. The van der Waals surface area contributed by atoms with Crippen molar-refractivity contribution in [2.24, 2.45) is 0 Å². The zero-order valence-corrected chi connectivity index (χ0v) is 15.3. The Hall–Kier alpha value is -2.92. The quantitative estimate of drug-likeness (QED) is 0.701. The maximum absolute atomic E-state index is 12.2. The van der Waals surface area contributed by atoms with Crippen LogP contribution in [0.15, 0.2) is 54.9 Å². The molecule has 1 aromatic heterocycles. The van der Waals surface area contributed by atoms with Gasteiger partial charge in [0.1, 0.15) is 0 Å². The van der Waals surface area contributed by atoms with Gasteiger partial charge >= 0.3 is 0 Å². The van der Waals surface area contributed by atoms with Gasteiger partial charge in [0.2, 0.25) is 5.95 Å². The molecule has 2 aromatic carbocycles. The highest BCUT2D eigenvalue weighted by Gasteiger charge is 2.07. The van der Waals surface area contributed by atoms with Crippen LogP contribution in [0, 0.1) is 13.8 Å². The molecule has 0 saturated heterocycles. The molecule has 0 bridgehead atoms. The van der Waals surface area contributed by atoms with Crippen molar-refractivity contribution in [3.8, 4) is 0 Å².